The van der Waals surface area contributed by atoms with Crippen LogP contribution in [0.4, 0.5) is 23.3 Å². The fourth-order valence-electron chi connectivity index (χ4n) is 20.8. The number of anilines is 4. The van der Waals surface area contributed by atoms with Gasteiger partial charge in [-0.1, -0.05) is 215 Å². The lowest BCUT2D eigenvalue weighted by molar-refractivity contribution is -0.0691. The summed E-state index contributed by atoms with van der Waals surface area (Å²) in [6.45, 7) is 4.40. The van der Waals surface area contributed by atoms with Gasteiger partial charge in [-0.15, -0.1) is 20.4 Å². The number of benzene rings is 8. The highest BCUT2D eigenvalue weighted by molar-refractivity contribution is 5.84. The highest BCUT2D eigenvalue weighted by Gasteiger charge is 2.69. The molecule has 0 aliphatic heterocycles. The van der Waals surface area contributed by atoms with Gasteiger partial charge in [0.2, 0.25) is 0 Å². The van der Waals surface area contributed by atoms with Crippen LogP contribution in [0.15, 0.2) is 270 Å². The van der Waals surface area contributed by atoms with Gasteiger partial charge in [0, 0.05) is 22.3 Å². The van der Waals surface area contributed by atoms with Gasteiger partial charge in [-0.2, -0.15) is 0 Å². The van der Waals surface area contributed by atoms with Crippen molar-refractivity contribution in [3.63, 3.8) is 0 Å². The highest BCUT2D eigenvalue weighted by Crippen LogP contribution is 2.75. The summed E-state index contributed by atoms with van der Waals surface area (Å²) in [7, 11) is 0. The summed E-state index contributed by atoms with van der Waals surface area (Å²) in [5.74, 6) is 1.43. The van der Waals surface area contributed by atoms with Gasteiger partial charge in [-0.3, -0.25) is 0 Å². The molecule has 12 heterocycles. The molecule has 32 nitrogen and oxygen atoms in total. The molecule has 4 aliphatic carbocycles. The van der Waals surface area contributed by atoms with Gasteiger partial charge in [0.1, 0.15) is 47.4 Å². The van der Waals surface area contributed by atoms with Gasteiger partial charge in [0.05, 0.1) is 125 Å². The lowest BCUT2D eigenvalue weighted by Gasteiger charge is -2.71. The number of hydrogen-bond acceptors (Lipinski definition) is 24. The molecule has 4 bridgehead atoms. The van der Waals surface area contributed by atoms with E-state index in [1.165, 1.54) is 47.6 Å². The summed E-state index contributed by atoms with van der Waals surface area (Å²) in [4.78, 5) is 52.3. The summed E-state index contributed by atoms with van der Waals surface area (Å²) >= 11 is 0. The maximum atomic E-state index is 6.14. The number of aromatic nitrogens is 28. The lowest BCUT2D eigenvalue weighted by atomic mass is 9.32. The van der Waals surface area contributed by atoms with Crippen LogP contribution in [0.3, 0.4) is 0 Å². The second kappa shape index (κ2) is 29.8. The Morgan fingerprint density at radius 3 is 0.611 bits per heavy atom. The van der Waals surface area contributed by atoms with E-state index in [9.17, 15) is 0 Å². The van der Waals surface area contributed by atoms with Gasteiger partial charge in [-0.25, -0.2) is 78.5 Å². The second-order valence-corrected chi connectivity index (χ2v) is 34.1. The summed E-state index contributed by atoms with van der Waals surface area (Å²) < 4.78 is 15.9. The quantitative estimate of drug-likeness (QED) is 0.0436. The third kappa shape index (κ3) is 13.3. The number of nitrogen functional groups attached to an aromatic ring is 4. The van der Waals surface area contributed by atoms with E-state index in [1.54, 1.807) is 25.3 Å². The first-order chi connectivity index (χ1) is 61.8. The van der Waals surface area contributed by atoms with Gasteiger partial charge >= 0.3 is 0 Å². The Balaban J connectivity index is 0.587. The predicted octanol–water partition coefficient (Wildman–Crippen LogP) is 12.4. The van der Waals surface area contributed by atoms with Crippen molar-refractivity contribution < 1.29 is 0 Å². The molecule has 0 atom stereocenters. The van der Waals surface area contributed by atoms with Gasteiger partial charge in [-0.05, 0) is 127 Å². The number of rotatable bonds is 24. The summed E-state index contributed by atoms with van der Waals surface area (Å²) in [6.07, 6.45) is 26.1. The number of imidazole rings is 4. The smallest absolute Gasteiger partial charge is 0.165 e. The average Bonchev–Trinajstić information content (AvgIpc) is 0.742. The van der Waals surface area contributed by atoms with Crippen LogP contribution in [-0.4, -0.2) is 138 Å². The van der Waals surface area contributed by atoms with Crippen molar-refractivity contribution in [1.29, 1.82) is 0 Å². The summed E-state index contributed by atoms with van der Waals surface area (Å²) in [6, 6.07) is 72.0. The Kier molecular flexibility index (Phi) is 17.7. The Morgan fingerprint density at radius 1 is 0.222 bits per heavy atom. The number of hydrogen-bond donors (Lipinski definition) is 4. The molecule has 8 N–H and O–H groups in total. The summed E-state index contributed by atoms with van der Waals surface area (Å²) in [5, 5.41) is 37.0. The minimum absolute atomic E-state index is 0.320. The highest BCUT2D eigenvalue weighted by atomic mass is 15.4. The molecule has 12 aromatic heterocycles. The van der Waals surface area contributed by atoms with E-state index in [0.29, 0.717) is 120 Å². The molecule has 0 amide bonds. The van der Waals surface area contributed by atoms with Crippen molar-refractivity contribution in [1.82, 2.24) is 138 Å². The third-order valence-electron chi connectivity index (χ3n) is 26.3. The topological polar surface area (TPSA) is 401 Å². The third-order valence-corrected chi connectivity index (χ3v) is 26.3. The molecule has 4 fully saturated rings. The zero-order chi connectivity index (χ0) is 84.2. The molecule has 0 unspecified atom stereocenters. The Labute approximate surface area is 718 Å². The molecule has 126 heavy (non-hydrogen) atoms. The zero-order valence-electron chi connectivity index (χ0n) is 68.1. The Bertz CT molecular complexity index is 6540. The minimum Gasteiger partial charge on any atom is -0.382 e. The van der Waals surface area contributed by atoms with Crippen LogP contribution in [0.1, 0.15) is 105 Å². The second-order valence-electron chi connectivity index (χ2n) is 34.1. The van der Waals surface area contributed by atoms with Crippen molar-refractivity contribution >= 4 is 67.9 Å². The molecule has 0 radical (unpaired) electrons. The number of nitrogens with two attached hydrogens (primary N) is 4. The standard InChI is InChI=1S/C94H80N32/c95-83-79-87(103-51-99-83)119(55-107-79)37-59-1-9-63(10-2-59)41-123-75(33-111-115-123)67-17-25-71(26-18-67)91-45-92(72-27-19-68(20-28-72)76-34-112-116-124(76)42-64-11-3-60(4-12-64)38-120-56-108-80-84(96)100-52-104-88(80)120)48-93(46-91,73-29-21-69(22-30-73)77-35-113-117-125(77)43-65-13-5-61(6-14-65)39-121-57-109-81-85(97)101-53-105-89(81)121)50-94(47-91,49-92)74-31-23-70(24-32-74)78-36-114-118-126(78)44-66-15-7-62(8-16-66)40-122-58-110-82-86(98)102-54-106-90(82)122/h1-36,51-58H,37-50H2,(H2,95,99,103)(H2,96,100,104)(H2,97,101,105)(H2,98,102,106). The fourth-order valence-corrected chi connectivity index (χ4v) is 20.8. The van der Waals surface area contributed by atoms with Crippen LogP contribution in [0.2, 0.25) is 0 Å². The maximum absolute atomic E-state index is 6.14. The molecule has 8 aromatic carbocycles. The Hall–Kier alpha value is -16.3. The van der Waals surface area contributed by atoms with Gasteiger partial charge in [0.25, 0.3) is 0 Å². The minimum atomic E-state index is -0.320. The first-order valence-corrected chi connectivity index (χ1v) is 41.7. The molecule has 32 heteroatoms. The molecule has 616 valence electrons. The molecule has 0 spiro atoms. The van der Waals surface area contributed by atoms with Crippen LogP contribution < -0.4 is 22.9 Å². The zero-order valence-corrected chi connectivity index (χ0v) is 68.1. The van der Waals surface area contributed by atoms with Crippen molar-refractivity contribution in [2.24, 2.45) is 0 Å². The predicted molar refractivity (Wildman–Crippen MR) is 474 cm³/mol. The first-order valence-electron chi connectivity index (χ1n) is 41.7. The summed E-state index contributed by atoms with van der Waals surface area (Å²) in [5.41, 5.74) is 50.3. The van der Waals surface area contributed by atoms with E-state index in [2.05, 4.69) is 274 Å². The van der Waals surface area contributed by atoms with Crippen molar-refractivity contribution in [3.8, 4) is 45.0 Å². The van der Waals surface area contributed by atoms with Crippen LogP contribution in [0, 0.1) is 0 Å². The van der Waals surface area contributed by atoms with E-state index in [0.717, 1.165) is 128 Å². The van der Waals surface area contributed by atoms with E-state index >= 15 is 0 Å². The van der Waals surface area contributed by atoms with E-state index in [-0.39, 0.29) is 21.7 Å². The normalized spacial score (nSPS) is 17.8. The average molecular weight is 1660 g/mol. The molecule has 4 saturated carbocycles. The Morgan fingerprint density at radius 2 is 0.413 bits per heavy atom. The van der Waals surface area contributed by atoms with Gasteiger partial charge < -0.3 is 41.2 Å². The van der Waals surface area contributed by atoms with Crippen LogP contribution >= 0.6 is 0 Å². The lowest BCUT2D eigenvalue weighted by Crippen LogP contribution is -2.67. The largest absolute Gasteiger partial charge is 0.382 e. The van der Waals surface area contributed by atoms with E-state index < -0.39 is 0 Å². The number of nitrogens with zero attached hydrogens (tertiary/aromatic N) is 28. The van der Waals surface area contributed by atoms with E-state index in [4.69, 9.17) is 43.8 Å². The molecular formula is C94H80N32. The van der Waals surface area contributed by atoms with Crippen LogP contribution in [0.5, 0.6) is 0 Å². The van der Waals surface area contributed by atoms with Crippen LogP contribution in [0.25, 0.3) is 89.7 Å². The number of fused-ring (bicyclic) bond motifs is 4. The SMILES string of the molecule is Nc1ncnc2c1ncn2Cc1ccc(Cn2nncc2-c2ccc(C34CC5(c6ccc(-c7cnnn7Cc7ccc(Cn8cnc9c(N)ncnc98)cc7)cc6)CC(c6ccc(-c7cnnn7Cc7ccc(Cn8cnc9c(N)ncnc98)cc7)cc6)(C3)CC(c3ccc(-c6cnnn6Cc6ccc(Cn7cnc8c(N)ncnc87)cc6)cc3)(C4)C5)cc2)cc1. The van der Waals surface area contributed by atoms with Crippen LogP contribution in [-0.2, 0) is 74.0 Å². The molecule has 24 rings (SSSR count). The molecule has 0 saturated heterocycles. The fraction of sp³-hybridized carbons (Fsp3) is 0.191. The first kappa shape index (κ1) is 74.7. The molecule has 4 aliphatic rings. The molecule has 20 aromatic rings. The van der Waals surface area contributed by atoms with Crippen molar-refractivity contribution in [3.05, 3.63) is 336 Å². The molecular weight excluding hydrogens is 1580 g/mol. The van der Waals surface area contributed by atoms with Gasteiger partial charge in [0.15, 0.2) is 45.9 Å². The monoisotopic (exact) mass is 1660 g/mol. The van der Waals surface area contributed by atoms with E-state index in [1.807, 2.05) is 61.8 Å². The van der Waals surface area contributed by atoms with Crippen molar-refractivity contribution in [2.75, 3.05) is 22.9 Å². The van der Waals surface area contributed by atoms with Crippen molar-refractivity contribution in [2.45, 2.75) is 113 Å². The maximum Gasteiger partial charge on any atom is 0.165 e.